The molecule has 0 aliphatic carbocycles. The summed E-state index contributed by atoms with van der Waals surface area (Å²) in [5.41, 5.74) is 2.57. The Morgan fingerprint density at radius 1 is 1.32 bits per heavy atom. The van der Waals surface area contributed by atoms with Gasteiger partial charge in [-0.2, -0.15) is 4.98 Å². The first-order valence-corrected chi connectivity index (χ1v) is 7.67. The lowest BCUT2D eigenvalue weighted by Crippen LogP contribution is -2.04. The van der Waals surface area contributed by atoms with Crippen LogP contribution in [0.5, 0.6) is 6.01 Å². The topological polar surface area (TPSA) is 44.2 Å². The van der Waals surface area contributed by atoms with E-state index in [1.807, 2.05) is 0 Å². The average molecular weight is 296 g/mol. The number of hydrogen-bond donors (Lipinski definition) is 0. The lowest BCUT2D eigenvalue weighted by atomic mass is 10.2. The third kappa shape index (κ3) is 4.81. The molecule has 0 unspecified atom stereocenters. The monoisotopic (exact) mass is 296 g/mol. The highest BCUT2D eigenvalue weighted by Gasteiger charge is 2.06. The summed E-state index contributed by atoms with van der Waals surface area (Å²) in [6.07, 6.45) is 0. The molecule has 4 nitrogen and oxygen atoms in total. The number of nitrogens with zero attached hydrogens (tertiary/aromatic N) is 2. The Labute approximate surface area is 121 Å². The van der Waals surface area contributed by atoms with Crippen molar-refractivity contribution in [2.75, 3.05) is 20.3 Å². The van der Waals surface area contributed by atoms with Gasteiger partial charge in [0, 0.05) is 12.9 Å². The van der Waals surface area contributed by atoms with E-state index < -0.39 is 0 Å². The van der Waals surface area contributed by atoms with Crippen LogP contribution in [0.3, 0.4) is 0 Å². The molecule has 0 atom stereocenters. The van der Waals surface area contributed by atoms with E-state index in [0.717, 1.165) is 10.1 Å². The minimum atomic E-state index is 0.439. The Morgan fingerprint density at radius 2 is 2.21 bits per heavy atom. The van der Waals surface area contributed by atoms with Crippen molar-refractivity contribution in [1.82, 2.24) is 9.36 Å². The fourth-order valence-electron chi connectivity index (χ4n) is 1.48. The zero-order valence-electron chi connectivity index (χ0n) is 11.0. The van der Waals surface area contributed by atoms with Crippen molar-refractivity contribution >= 4 is 23.3 Å². The van der Waals surface area contributed by atoms with Gasteiger partial charge in [-0.15, -0.1) is 4.37 Å². The smallest absolute Gasteiger partial charge is 0.329 e. The molecule has 0 N–H and O–H groups in total. The van der Waals surface area contributed by atoms with E-state index in [2.05, 4.69) is 40.5 Å². The molecule has 6 heteroatoms. The standard InChI is InChI=1S/C13H16N2O2S2/c1-10-4-3-5-11(8-10)9-18-13-14-12(15-19-13)17-7-6-16-2/h3-5,8H,6-7,9H2,1-2H3. The third-order valence-electron chi connectivity index (χ3n) is 2.35. The van der Waals surface area contributed by atoms with Crippen LogP contribution < -0.4 is 4.74 Å². The Balaban J connectivity index is 1.83. The lowest BCUT2D eigenvalue weighted by molar-refractivity contribution is 0.141. The maximum Gasteiger partial charge on any atom is 0.329 e. The first kappa shape index (κ1) is 14.3. The zero-order chi connectivity index (χ0) is 13.5. The van der Waals surface area contributed by atoms with Crippen LogP contribution in [0.2, 0.25) is 0 Å². The van der Waals surface area contributed by atoms with Crippen molar-refractivity contribution in [2.45, 2.75) is 17.0 Å². The van der Waals surface area contributed by atoms with Crippen molar-refractivity contribution in [3.8, 4) is 6.01 Å². The minimum absolute atomic E-state index is 0.439. The Hall–Kier alpha value is -1.11. The van der Waals surface area contributed by atoms with Crippen molar-refractivity contribution in [1.29, 1.82) is 0 Å². The molecule has 19 heavy (non-hydrogen) atoms. The first-order chi connectivity index (χ1) is 9.28. The molecule has 0 radical (unpaired) electrons. The molecule has 0 aliphatic heterocycles. The quantitative estimate of drug-likeness (QED) is 0.580. The van der Waals surface area contributed by atoms with Crippen molar-refractivity contribution < 1.29 is 9.47 Å². The van der Waals surface area contributed by atoms with E-state index >= 15 is 0 Å². The molecule has 2 aromatic rings. The minimum Gasteiger partial charge on any atom is -0.460 e. The maximum absolute atomic E-state index is 5.35. The molecule has 1 heterocycles. The molecule has 0 saturated carbocycles. The summed E-state index contributed by atoms with van der Waals surface area (Å²) in [6.45, 7) is 3.13. The second-order valence-corrected chi connectivity index (χ2v) is 5.94. The van der Waals surface area contributed by atoms with Gasteiger partial charge in [0.1, 0.15) is 6.61 Å². The van der Waals surface area contributed by atoms with Crippen LogP contribution in [0, 0.1) is 6.92 Å². The largest absolute Gasteiger partial charge is 0.460 e. The molecule has 0 spiro atoms. The highest BCUT2D eigenvalue weighted by Crippen LogP contribution is 2.26. The van der Waals surface area contributed by atoms with Gasteiger partial charge < -0.3 is 9.47 Å². The second kappa shape index (κ2) is 7.47. The number of ether oxygens (including phenoxy) is 2. The fraction of sp³-hybridized carbons (Fsp3) is 0.385. The number of hydrogen-bond acceptors (Lipinski definition) is 6. The van der Waals surface area contributed by atoms with Gasteiger partial charge in [0.15, 0.2) is 4.34 Å². The summed E-state index contributed by atoms with van der Waals surface area (Å²) in [4.78, 5) is 4.31. The first-order valence-electron chi connectivity index (χ1n) is 5.91. The molecule has 102 valence electrons. The van der Waals surface area contributed by atoms with Crippen LogP contribution in [-0.2, 0) is 10.5 Å². The number of rotatable bonds is 7. The van der Waals surface area contributed by atoms with E-state index in [0.29, 0.717) is 19.2 Å². The van der Waals surface area contributed by atoms with Crippen LogP contribution in [0.15, 0.2) is 28.6 Å². The number of thioether (sulfide) groups is 1. The number of benzene rings is 1. The Bertz CT molecular complexity index is 517. The van der Waals surface area contributed by atoms with Crippen molar-refractivity contribution in [2.24, 2.45) is 0 Å². The van der Waals surface area contributed by atoms with Gasteiger partial charge in [-0.3, -0.25) is 0 Å². The van der Waals surface area contributed by atoms with E-state index in [1.165, 1.54) is 22.7 Å². The van der Waals surface area contributed by atoms with Gasteiger partial charge >= 0.3 is 6.01 Å². The average Bonchev–Trinajstić information content (AvgIpc) is 2.85. The zero-order valence-corrected chi connectivity index (χ0v) is 12.6. The third-order valence-corrected chi connectivity index (χ3v) is 4.24. The van der Waals surface area contributed by atoms with Gasteiger partial charge in [0.2, 0.25) is 0 Å². The normalized spacial score (nSPS) is 10.6. The molecule has 0 aliphatic rings. The van der Waals surface area contributed by atoms with Gasteiger partial charge in [-0.05, 0) is 24.0 Å². The highest BCUT2D eigenvalue weighted by molar-refractivity contribution is 8.00. The molecule has 0 fully saturated rings. The van der Waals surface area contributed by atoms with Gasteiger partial charge in [0.05, 0.1) is 6.61 Å². The maximum atomic E-state index is 5.35. The van der Waals surface area contributed by atoms with E-state index in [1.54, 1.807) is 18.9 Å². The van der Waals surface area contributed by atoms with Crippen molar-refractivity contribution in [3.63, 3.8) is 0 Å². The van der Waals surface area contributed by atoms with E-state index in [4.69, 9.17) is 9.47 Å². The number of aromatic nitrogens is 2. The molecule has 0 bridgehead atoms. The molecule has 1 aromatic carbocycles. The summed E-state index contributed by atoms with van der Waals surface area (Å²) in [6, 6.07) is 8.92. The summed E-state index contributed by atoms with van der Waals surface area (Å²) in [7, 11) is 1.64. The van der Waals surface area contributed by atoms with Crippen molar-refractivity contribution in [3.05, 3.63) is 35.4 Å². The van der Waals surface area contributed by atoms with E-state index in [-0.39, 0.29) is 0 Å². The highest BCUT2D eigenvalue weighted by atomic mass is 32.2. The summed E-state index contributed by atoms with van der Waals surface area (Å²) in [5.74, 6) is 0.897. The SMILES string of the molecule is COCCOc1nsc(SCc2cccc(C)c2)n1. The molecular weight excluding hydrogens is 280 g/mol. The summed E-state index contributed by atoms with van der Waals surface area (Å²) in [5, 5.41) is 0. The number of aryl methyl sites for hydroxylation is 1. The molecular formula is C13H16N2O2S2. The van der Waals surface area contributed by atoms with Crippen LogP contribution in [-0.4, -0.2) is 29.7 Å². The summed E-state index contributed by atoms with van der Waals surface area (Å²) < 4.78 is 15.3. The molecule has 2 rings (SSSR count). The van der Waals surface area contributed by atoms with Gasteiger partial charge in [-0.1, -0.05) is 41.6 Å². The number of methoxy groups -OCH3 is 1. The van der Waals surface area contributed by atoms with Crippen LogP contribution >= 0.6 is 23.3 Å². The molecule has 0 amide bonds. The Kier molecular flexibility index (Phi) is 5.62. The lowest BCUT2D eigenvalue weighted by Gasteiger charge is -2.00. The summed E-state index contributed by atoms with van der Waals surface area (Å²) >= 11 is 3.04. The Morgan fingerprint density at radius 3 is 3.00 bits per heavy atom. The van der Waals surface area contributed by atoms with Crippen LogP contribution in [0.4, 0.5) is 0 Å². The van der Waals surface area contributed by atoms with Gasteiger partial charge in [-0.25, -0.2) is 0 Å². The predicted molar refractivity (Wildman–Crippen MR) is 78.0 cm³/mol. The molecule has 1 aromatic heterocycles. The predicted octanol–water partition coefficient (Wildman–Crippen LogP) is 3.16. The van der Waals surface area contributed by atoms with E-state index in [9.17, 15) is 0 Å². The fourth-order valence-corrected chi connectivity index (χ4v) is 2.96. The van der Waals surface area contributed by atoms with Gasteiger partial charge in [0.25, 0.3) is 0 Å². The second-order valence-electron chi connectivity index (χ2n) is 3.96. The van der Waals surface area contributed by atoms with Crippen LogP contribution in [0.25, 0.3) is 0 Å². The molecule has 0 saturated heterocycles. The van der Waals surface area contributed by atoms with Crippen LogP contribution in [0.1, 0.15) is 11.1 Å².